The van der Waals surface area contributed by atoms with Crippen LogP contribution in [-0.2, 0) is 0 Å². The summed E-state index contributed by atoms with van der Waals surface area (Å²) in [5.41, 5.74) is 1.63. The van der Waals surface area contributed by atoms with E-state index in [9.17, 15) is 4.79 Å². The number of halogens is 2. The largest absolute Gasteiger partial charge is 0.307 e. The van der Waals surface area contributed by atoms with Crippen molar-refractivity contribution in [1.82, 2.24) is 4.98 Å². The van der Waals surface area contributed by atoms with Crippen molar-refractivity contribution in [2.24, 2.45) is 0 Å². The van der Waals surface area contributed by atoms with E-state index < -0.39 is 0 Å². The highest BCUT2D eigenvalue weighted by atomic mass is 79.9. The first-order chi connectivity index (χ1) is 8.56. The van der Waals surface area contributed by atoms with Crippen molar-refractivity contribution in [3.05, 3.63) is 56.6 Å². The molecule has 0 saturated heterocycles. The zero-order chi connectivity index (χ0) is 13.1. The summed E-state index contributed by atoms with van der Waals surface area (Å²) < 4.78 is 1.67. The highest BCUT2D eigenvalue weighted by Gasteiger charge is 2.08. The molecule has 1 aromatic heterocycles. The van der Waals surface area contributed by atoms with Crippen LogP contribution < -0.4 is 5.32 Å². The quantitative estimate of drug-likeness (QED) is 0.807. The van der Waals surface area contributed by atoms with Crippen molar-refractivity contribution >= 4 is 43.6 Å². The average molecular weight is 370 g/mol. The number of carbonyl (C=O) groups is 1. The first kappa shape index (κ1) is 13.2. The zero-order valence-corrected chi connectivity index (χ0v) is 12.7. The van der Waals surface area contributed by atoms with Crippen molar-refractivity contribution in [3.63, 3.8) is 0 Å². The number of rotatable bonds is 2. The van der Waals surface area contributed by atoms with Gasteiger partial charge in [-0.15, -0.1) is 0 Å². The Kier molecular flexibility index (Phi) is 4.14. The van der Waals surface area contributed by atoms with E-state index in [2.05, 4.69) is 42.2 Å². The van der Waals surface area contributed by atoms with Gasteiger partial charge in [-0.3, -0.25) is 4.79 Å². The van der Waals surface area contributed by atoms with Gasteiger partial charge in [0.15, 0.2) is 0 Å². The van der Waals surface area contributed by atoms with Crippen LogP contribution >= 0.6 is 31.9 Å². The Balaban J connectivity index is 2.19. The minimum atomic E-state index is -0.170. The molecule has 0 bridgehead atoms. The van der Waals surface area contributed by atoms with E-state index in [1.54, 1.807) is 18.2 Å². The third kappa shape index (κ3) is 3.17. The minimum absolute atomic E-state index is 0.170. The minimum Gasteiger partial charge on any atom is -0.307 e. The fourth-order valence-electron chi connectivity index (χ4n) is 1.45. The molecule has 18 heavy (non-hydrogen) atoms. The van der Waals surface area contributed by atoms with Gasteiger partial charge in [0, 0.05) is 10.0 Å². The number of benzene rings is 1. The number of hydrogen-bond acceptors (Lipinski definition) is 2. The van der Waals surface area contributed by atoms with Crippen LogP contribution in [0, 0.1) is 6.92 Å². The number of nitrogens with one attached hydrogen (secondary N) is 1. The molecule has 1 amide bonds. The zero-order valence-electron chi connectivity index (χ0n) is 9.58. The van der Waals surface area contributed by atoms with Gasteiger partial charge in [0.1, 0.15) is 10.4 Å². The second kappa shape index (κ2) is 5.63. The van der Waals surface area contributed by atoms with E-state index in [0.717, 1.165) is 10.0 Å². The lowest BCUT2D eigenvalue weighted by molar-refractivity contribution is 0.102. The van der Waals surface area contributed by atoms with Crippen LogP contribution in [0.25, 0.3) is 0 Å². The van der Waals surface area contributed by atoms with Gasteiger partial charge in [0.05, 0.1) is 0 Å². The monoisotopic (exact) mass is 368 g/mol. The number of hydrogen-bond donors (Lipinski definition) is 1. The summed E-state index contributed by atoms with van der Waals surface area (Å²) in [4.78, 5) is 16.2. The molecule has 2 aromatic rings. The molecule has 0 spiro atoms. The molecule has 0 unspecified atom stereocenters. The summed E-state index contributed by atoms with van der Waals surface area (Å²) >= 11 is 6.67. The lowest BCUT2D eigenvalue weighted by Gasteiger charge is -2.06. The molecular weight excluding hydrogens is 360 g/mol. The van der Waals surface area contributed by atoms with Crippen LogP contribution in [-0.4, -0.2) is 10.9 Å². The van der Waals surface area contributed by atoms with E-state index >= 15 is 0 Å². The van der Waals surface area contributed by atoms with Gasteiger partial charge in [-0.1, -0.05) is 22.0 Å². The Hall–Kier alpha value is -1.20. The Labute approximate surface area is 122 Å². The van der Waals surface area contributed by atoms with Gasteiger partial charge in [0.2, 0.25) is 0 Å². The van der Waals surface area contributed by atoms with E-state index in [1.165, 1.54) is 0 Å². The van der Waals surface area contributed by atoms with E-state index in [0.29, 0.717) is 16.0 Å². The molecular formula is C13H10Br2N2O. The van der Waals surface area contributed by atoms with Crippen molar-refractivity contribution in [1.29, 1.82) is 0 Å². The van der Waals surface area contributed by atoms with Gasteiger partial charge in [-0.25, -0.2) is 4.98 Å². The number of anilines is 1. The van der Waals surface area contributed by atoms with Crippen LogP contribution in [0.4, 0.5) is 5.82 Å². The lowest BCUT2D eigenvalue weighted by atomic mass is 10.1. The maximum atomic E-state index is 12.0. The van der Waals surface area contributed by atoms with Gasteiger partial charge in [-0.05, 0) is 58.7 Å². The number of aryl methyl sites for hydroxylation is 1. The molecule has 0 aliphatic carbocycles. The topological polar surface area (TPSA) is 42.0 Å². The van der Waals surface area contributed by atoms with Gasteiger partial charge < -0.3 is 5.32 Å². The predicted octanol–water partition coefficient (Wildman–Crippen LogP) is 4.17. The van der Waals surface area contributed by atoms with Crippen LogP contribution in [0.1, 0.15) is 15.9 Å². The van der Waals surface area contributed by atoms with Crippen LogP contribution in [0.15, 0.2) is 45.5 Å². The summed E-state index contributed by atoms with van der Waals surface area (Å²) in [6.45, 7) is 1.94. The Bertz CT molecular complexity index is 599. The molecule has 92 valence electrons. The number of aromatic nitrogens is 1. The SMILES string of the molecule is Cc1cc(C(=O)Nc2cccc(Br)n2)ccc1Br. The maximum absolute atomic E-state index is 12.0. The van der Waals surface area contributed by atoms with Gasteiger partial charge in [0.25, 0.3) is 5.91 Å². The van der Waals surface area contributed by atoms with Crippen LogP contribution in [0.2, 0.25) is 0 Å². The molecule has 1 N–H and O–H groups in total. The Morgan fingerprint density at radius 3 is 2.67 bits per heavy atom. The molecule has 0 radical (unpaired) electrons. The number of amides is 1. The molecule has 0 fully saturated rings. The highest BCUT2D eigenvalue weighted by molar-refractivity contribution is 9.10. The number of carbonyl (C=O) groups excluding carboxylic acids is 1. The molecule has 2 rings (SSSR count). The molecule has 5 heteroatoms. The van der Waals surface area contributed by atoms with E-state index in [-0.39, 0.29) is 5.91 Å². The molecule has 1 heterocycles. The van der Waals surface area contributed by atoms with Crippen LogP contribution in [0.3, 0.4) is 0 Å². The summed E-state index contributed by atoms with van der Waals surface area (Å²) in [6.07, 6.45) is 0. The summed E-state index contributed by atoms with van der Waals surface area (Å²) in [6, 6.07) is 10.8. The maximum Gasteiger partial charge on any atom is 0.256 e. The molecule has 0 saturated carbocycles. The average Bonchev–Trinajstić information content (AvgIpc) is 2.32. The first-order valence-corrected chi connectivity index (χ1v) is 6.85. The summed E-state index contributed by atoms with van der Waals surface area (Å²) in [5, 5.41) is 2.75. The highest BCUT2D eigenvalue weighted by Crippen LogP contribution is 2.18. The first-order valence-electron chi connectivity index (χ1n) is 5.26. The Morgan fingerprint density at radius 2 is 2.00 bits per heavy atom. The molecule has 0 atom stereocenters. The smallest absolute Gasteiger partial charge is 0.256 e. The summed E-state index contributed by atoms with van der Waals surface area (Å²) in [5.74, 6) is 0.353. The van der Waals surface area contributed by atoms with Crippen molar-refractivity contribution in [3.8, 4) is 0 Å². The predicted molar refractivity (Wildman–Crippen MR) is 78.8 cm³/mol. The second-order valence-corrected chi connectivity index (χ2v) is 5.43. The van der Waals surface area contributed by atoms with Crippen LogP contribution in [0.5, 0.6) is 0 Å². The van der Waals surface area contributed by atoms with E-state index in [4.69, 9.17) is 0 Å². The van der Waals surface area contributed by atoms with Crippen molar-refractivity contribution in [2.75, 3.05) is 5.32 Å². The summed E-state index contributed by atoms with van der Waals surface area (Å²) in [7, 11) is 0. The normalized spacial score (nSPS) is 10.2. The fourth-order valence-corrected chi connectivity index (χ4v) is 2.04. The molecule has 0 aliphatic heterocycles. The van der Waals surface area contributed by atoms with Crippen molar-refractivity contribution < 1.29 is 4.79 Å². The molecule has 0 aliphatic rings. The van der Waals surface area contributed by atoms with Gasteiger partial charge in [-0.2, -0.15) is 0 Å². The second-order valence-electron chi connectivity index (χ2n) is 3.76. The molecule has 1 aromatic carbocycles. The Morgan fingerprint density at radius 1 is 1.22 bits per heavy atom. The van der Waals surface area contributed by atoms with Crippen molar-refractivity contribution in [2.45, 2.75) is 6.92 Å². The standard InChI is InChI=1S/C13H10Br2N2O/c1-8-7-9(5-6-10(8)14)13(18)17-12-4-2-3-11(15)16-12/h2-7H,1H3,(H,16,17,18). The fraction of sp³-hybridized carbons (Fsp3) is 0.0769. The van der Waals surface area contributed by atoms with E-state index in [1.807, 2.05) is 25.1 Å². The number of pyridine rings is 1. The third-order valence-electron chi connectivity index (χ3n) is 2.38. The molecule has 3 nitrogen and oxygen atoms in total. The van der Waals surface area contributed by atoms with Gasteiger partial charge >= 0.3 is 0 Å². The third-order valence-corrected chi connectivity index (χ3v) is 3.71. The lowest BCUT2D eigenvalue weighted by Crippen LogP contribution is -2.13. The number of nitrogens with zero attached hydrogens (tertiary/aromatic N) is 1.